The molecule has 1 aromatic carbocycles. The first kappa shape index (κ1) is 16.4. The van der Waals surface area contributed by atoms with Gasteiger partial charge in [-0.15, -0.1) is 0 Å². The van der Waals surface area contributed by atoms with Crippen LogP contribution in [0.15, 0.2) is 30.3 Å². The summed E-state index contributed by atoms with van der Waals surface area (Å²) in [6.45, 7) is 1.63. The number of carbonyl (C=O) groups excluding carboxylic acids is 1. The number of hydrogen-bond acceptors (Lipinski definition) is 4. The van der Waals surface area contributed by atoms with Gasteiger partial charge in [0.25, 0.3) is 5.69 Å². The van der Waals surface area contributed by atoms with Crippen LogP contribution in [0.3, 0.4) is 0 Å². The van der Waals surface area contributed by atoms with Crippen molar-refractivity contribution in [2.75, 3.05) is 13.6 Å². The number of nitro benzene ring substituents is 1. The number of carboxylic acids is 1. The van der Waals surface area contributed by atoms with Crippen LogP contribution in [0.25, 0.3) is 6.08 Å². The molecule has 0 fully saturated rings. The monoisotopic (exact) mass is 292 g/mol. The fourth-order valence-electron chi connectivity index (χ4n) is 1.58. The lowest BCUT2D eigenvalue weighted by Gasteiger charge is -2.17. The summed E-state index contributed by atoms with van der Waals surface area (Å²) in [5, 5.41) is 19.3. The zero-order valence-electron chi connectivity index (χ0n) is 11.7. The maximum atomic E-state index is 11.8. The van der Waals surface area contributed by atoms with E-state index >= 15 is 0 Å². The van der Waals surface area contributed by atoms with E-state index in [1.165, 1.54) is 55.3 Å². The number of nitrogens with zero attached hydrogens (tertiary/aromatic N) is 2. The zero-order chi connectivity index (χ0) is 16.0. The summed E-state index contributed by atoms with van der Waals surface area (Å²) in [6, 6.07) is 5.75. The van der Waals surface area contributed by atoms with Gasteiger partial charge in [-0.05, 0) is 23.8 Å². The van der Waals surface area contributed by atoms with E-state index in [0.717, 1.165) is 0 Å². The Balaban J connectivity index is 2.64. The number of hydrogen-bond donors (Lipinski definition) is 1. The molecule has 0 heterocycles. The Morgan fingerprint density at radius 1 is 1.38 bits per heavy atom. The first-order valence-corrected chi connectivity index (χ1v) is 6.21. The molecule has 0 saturated carbocycles. The molecule has 112 valence electrons. The number of amides is 1. The molecule has 1 unspecified atom stereocenters. The fraction of sp³-hybridized carbons (Fsp3) is 0.286. The van der Waals surface area contributed by atoms with Crippen LogP contribution in [0, 0.1) is 16.0 Å². The van der Waals surface area contributed by atoms with Crippen LogP contribution in [0.5, 0.6) is 0 Å². The van der Waals surface area contributed by atoms with Crippen LogP contribution in [-0.4, -0.2) is 40.4 Å². The van der Waals surface area contributed by atoms with Crippen LogP contribution in [-0.2, 0) is 9.59 Å². The lowest BCUT2D eigenvalue weighted by Crippen LogP contribution is -2.32. The smallest absolute Gasteiger partial charge is 0.308 e. The second kappa shape index (κ2) is 7.18. The van der Waals surface area contributed by atoms with Gasteiger partial charge in [-0.25, -0.2) is 0 Å². The number of benzene rings is 1. The van der Waals surface area contributed by atoms with E-state index in [0.29, 0.717) is 5.56 Å². The van der Waals surface area contributed by atoms with E-state index in [2.05, 4.69) is 0 Å². The predicted molar refractivity (Wildman–Crippen MR) is 76.6 cm³/mol. The van der Waals surface area contributed by atoms with Gasteiger partial charge >= 0.3 is 5.97 Å². The van der Waals surface area contributed by atoms with Gasteiger partial charge in [-0.2, -0.15) is 0 Å². The van der Waals surface area contributed by atoms with Gasteiger partial charge in [-0.3, -0.25) is 19.7 Å². The Labute approximate surface area is 121 Å². The number of non-ortho nitro benzene ring substituents is 1. The Hall–Kier alpha value is -2.70. The molecule has 0 aromatic heterocycles. The quantitative estimate of drug-likeness (QED) is 0.489. The van der Waals surface area contributed by atoms with Crippen LogP contribution < -0.4 is 0 Å². The minimum atomic E-state index is -0.964. The first-order valence-electron chi connectivity index (χ1n) is 6.21. The van der Waals surface area contributed by atoms with Crippen molar-refractivity contribution in [3.8, 4) is 0 Å². The molecule has 0 spiro atoms. The van der Waals surface area contributed by atoms with E-state index < -0.39 is 16.8 Å². The number of rotatable bonds is 6. The highest BCUT2D eigenvalue weighted by atomic mass is 16.6. The minimum absolute atomic E-state index is 0.0223. The minimum Gasteiger partial charge on any atom is -0.481 e. The van der Waals surface area contributed by atoms with Crippen molar-refractivity contribution >= 4 is 23.6 Å². The molecule has 1 amide bonds. The van der Waals surface area contributed by atoms with Crippen LogP contribution >= 0.6 is 0 Å². The second-order valence-corrected chi connectivity index (χ2v) is 4.64. The van der Waals surface area contributed by atoms with Gasteiger partial charge in [-0.1, -0.05) is 6.92 Å². The Bertz CT molecular complexity index is 565. The van der Waals surface area contributed by atoms with Gasteiger partial charge in [0.1, 0.15) is 0 Å². The Morgan fingerprint density at radius 3 is 2.43 bits per heavy atom. The van der Waals surface area contributed by atoms with E-state index in [9.17, 15) is 19.7 Å². The zero-order valence-corrected chi connectivity index (χ0v) is 11.7. The van der Waals surface area contributed by atoms with Crippen molar-refractivity contribution in [1.82, 2.24) is 4.90 Å². The molecule has 21 heavy (non-hydrogen) atoms. The van der Waals surface area contributed by atoms with Crippen molar-refractivity contribution in [2.45, 2.75) is 6.92 Å². The molecule has 0 radical (unpaired) electrons. The van der Waals surface area contributed by atoms with Gasteiger partial charge < -0.3 is 10.0 Å². The molecule has 7 heteroatoms. The fourth-order valence-corrected chi connectivity index (χ4v) is 1.58. The highest BCUT2D eigenvalue weighted by Gasteiger charge is 2.15. The first-order chi connectivity index (χ1) is 9.81. The van der Waals surface area contributed by atoms with Crippen LogP contribution in [0.4, 0.5) is 5.69 Å². The van der Waals surface area contributed by atoms with Crippen molar-refractivity contribution < 1.29 is 19.6 Å². The molecule has 7 nitrogen and oxygen atoms in total. The molecule has 1 aromatic rings. The summed E-state index contributed by atoms with van der Waals surface area (Å²) in [4.78, 5) is 33.8. The van der Waals surface area contributed by atoms with Crippen molar-refractivity contribution in [1.29, 1.82) is 0 Å². The normalized spacial score (nSPS) is 12.1. The third kappa shape index (κ3) is 5.06. The van der Waals surface area contributed by atoms with E-state index in [1.807, 2.05) is 0 Å². The maximum Gasteiger partial charge on any atom is 0.308 e. The molecular formula is C14H16N2O5. The molecule has 1 rings (SSSR count). The third-order valence-corrected chi connectivity index (χ3v) is 2.87. The number of carbonyl (C=O) groups is 2. The second-order valence-electron chi connectivity index (χ2n) is 4.64. The number of aliphatic carboxylic acids is 1. The standard InChI is InChI=1S/C14H16N2O5/c1-10(14(18)19)9-15(2)13(17)8-5-11-3-6-12(7-4-11)16(20)21/h3-8,10H,9H2,1-2H3,(H,18,19). The van der Waals surface area contributed by atoms with Crippen LogP contribution in [0.2, 0.25) is 0 Å². The predicted octanol–water partition coefficient (Wildman–Crippen LogP) is 1.79. The summed E-state index contributed by atoms with van der Waals surface area (Å²) in [5.74, 6) is -1.94. The molecule has 1 atom stereocenters. The van der Waals surface area contributed by atoms with Crippen LogP contribution in [0.1, 0.15) is 12.5 Å². The molecule has 1 N–H and O–H groups in total. The van der Waals surface area contributed by atoms with E-state index in [4.69, 9.17) is 5.11 Å². The number of likely N-dealkylation sites (N-methyl/N-ethyl adjacent to an activating group) is 1. The molecule has 0 aliphatic carbocycles. The highest BCUT2D eigenvalue weighted by Crippen LogP contribution is 2.13. The van der Waals surface area contributed by atoms with Gasteiger partial charge in [0.2, 0.25) is 5.91 Å². The van der Waals surface area contributed by atoms with Crippen molar-refractivity contribution in [3.63, 3.8) is 0 Å². The lowest BCUT2D eigenvalue weighted by molar-refractivity contribution is -0.384. The highest BCUT2D eigenvalue weighted by molar-refractivity contribution is 5.91. The number of carboxylic acid groups (broad SMARTS) is 1. The van der Waals surface area contributed by atoms with E-state index in [1.54, 1.807) is 0 Å². The third-order valence-electron chi connectivity index (χ3n) is 2.87. The number of nitro groups is 1. The molecular weight excluding hydrogens is 276 g/mol. The van der Waals surface area contributed by atoms with E-state index in [-0.39, 0.29) is 18.1 Å². The van der Waals surface area contributed by atoms with Gasteiger partial charge in [0.05, 0.1) is 10.8 Å². The SMILES string of the molecule is CC(CN(C)C(=O)C=Cc1ccc([N+](=O)[O-])cc1)C(=O)O. The largest absolute Gasteiger partial charge is 0.481 e. The summed E-state index contributed by atoms with van der Waals surface area (Å²) in [6.07, 6.45) is 2.82. The van der Waals surface area contributed by atoms with Gasteiger partial charge in [0, 0.05) is 31.8 Å². The summed E-state index contributed by atoms with van der Waals surface area (Å²) in [5.41, 5.74) is 0.625. The van der Waals surface area contributed by atoms with Crippen molar-refractivity contribution in [2.24, 2.45) is 5.92 Å². The summed E-state index contributed by atoms with van der Waals surface area (Å²) in [7, 11) is 1.52. The average Bonchev–Trinajstić information content (AvgIpc) is 2.44. The molecule has 0 aliphatic heterocycles. The molecule has 0 aliphatic rings. The van der Waals surface area contributed by atoms with Crippen molar-refractivity contribution in [3.05, 3.63) is 46.0 Å². The summed E-state index contributed by atoms with van der Waals surface area (Å²) < 4.78 is 0. The Kier molecular flexibility index (Phi) is 5.59. The van der Waals surface area contributed by atoms with Gasteiger partial charge in [0.15, 0.2) is 0 Å². The topological polar surface area (TPSA) is 101 Å². The maximum absolute atomic E-state index is 11.8. The average molecular weight is 292 g/mol. The summed E-state index contributed by atoms with van der Waals surface area (Å²) >= 11 is 0. The molecule has 0 saturated heterocycles. The molecule has 0 bridgehead atoms. The Morgan fingerprint density at radius 2 is 1.95 bits per heavy atom. The lowest BCUT2D eigenvalue weighted by atomic mass is 10.1.